The molecule has 17 heavy (non-hydrogen) atoms. The van der Waals surface area contributed by atoms with Crippen LogP contribution < -0.4 is 0 Å². The number of allylic oxidation sites excluding steroid dienone is 1. The van der Waals surface area contributed by atoms with Crippen molar-refractivity contribution in [3.63, 3.8) is 0 Å². The Morgan fingerprint density at radius 1 is 1.18 bits per heavy atom. The largest absolute Gasteiger partial charge is 0.501 e. The van der Waals surface area contributed by atoms with E-state index in [1.807, 2.05) is 31.2 Å². The molecular formula is C15H20O2. The average Bonchev–Trinajstić information content (AvgIpc) is 2.34. The second-order valence-electron chi connectivity index (χ2n) is 4.16. The zero-order chi connectivity index (χ0) is 12.7. The third kappa shape index (κ3) is 4.43. The van der Waals surface area contributed by atoms with Crippen molar-refractivity contribution in [3.05, 3.63) is 41.7 Å². The molecule has 92 valence electrons. The Morgan fingerprint density at radius 3 is 2.29 bits per heavy atom. The molecule has 1 rings (SSSR count). The van der Waals surface area contributed by atoms with Crippen molar-refractivity contribution in [1.82, 2.24) is 0 Å². The van der Waals surface area contributed by atoms with Gasteiger partial charge in [0.25, 0.3) is 0 Å². The monoisotopic (exact) mass is 232 g/mol. The van der Waals surface area contributed by atoms with Crippen LogP contribution in [0, 0.1) is 0 Å². The SMILES string of the molecule is CCCCO/C=C(\C)c1ccc(C(C)=O)cc1. The lowest BCUT2D eigenvalue weighted by Crippen LogP contribution is -1.92. The molecule has 0 fully saturated rings. The molecule has 0 aliphatic heterocycles. The van der Waals surface area contributed by atoms with Crippen molar-refractivity contribution in [2.75, 3.05) is 6.61 Å². The second kappa shape index (κ2) is 6.89. The van der Waals surface area contributed by atoms with Crippen molar-refractivity contribution in [2.45, 2.75) is 33.6 Å². The van der Waals surface area contributed by atoms with Crippen LogP contribution in [0.1, 0.15) is 49.5 Å². The maximum absolute atomic E-state index is 11.1. The predicted octanol–water partition coefficient (Wildman–Crippen LogP) is 4.07. The van der Waals surface area contributed by atoms with Crippen molar-refractivity contribution >= 4 is 11.4 Å². The minimum Gasteiger partial charge on any atom is -0.501 e. The molecular weight excluding hydrogens is 212 g/mol. The summed E-state index contributed by atoms with van der Waals surface area (Å²) in [7, 11) is 0. The molecule has 0 aliphatic rings. The number of benzene rings is 1. The van der Waals surface area contributed by atoms with Gasteiger partial charge < -0.3 is 4.74 Å². The van der Waals surface area contributed by atoms with Crippen molar-refractivity contribution in [2.24, 2.45) is 0 Å². The number of rotatable bonds is 6. The molecule has 0 N–H and O–H groups in total. The van der Waals surface area contributed by atoms with E-state index in [-0.39, 0.29) is 5.78 Å². The van der Waals surface area contributed by atoms with Crippen LogP contribution in [0.4, 0.5) is 0 Å². The Labute approximate surface area is 103 Å². The summed E-state index contributed by atoms with van der Waals surface area (Å²) in [6, 6.07) is 7.60. The van der Waals surface area contributed by atoms with Gasteiger partial charge in [0.2, 0.25) is 0 Å². The van der Waals surface area contributed by atoms with Gasteiger partial charge in [-0.1, -0.05) is 37.6 Å². The van der Waals surface area contributed by atoms with Crippen molar-refractivity contribution in [3.8, 4) is 0 Å². The lowest BCUT2D eigenvalue weighted by molar-refractivity contribution is 0.101. The smallest absolute Gasteiger partial charge is 0.159 e. The summed E-state index contributed by atoms with van der Waals surface area (Å²) in [5, 5.41) is 0. The Bertz CT molecular complexity index is 388. The zero-order valence-electron chi connectivity index (χ0n) is 10.8. The van der Waals surface area contributed by atoms with E-state index in [0.717, 1.165) is 36.1 Å². The minimum atomic E-state index is 0.0948. The van der Waals surface area contributed by atoms with Crippen LogP contribution in [0.25, 0.3) is 5.57 Å². The van der Waals surface area contributed by atoms with Gasteiger partial charge in [-0.15, -0.1) is 0 Å². The average molecular weight is 232 g/mol. The van der Waals surface area contributed by atoms with E-state index in [1.54, 1.807) is 13.2 Å². The van der Waals surface area contributed by atoms with Crippen LogP contribution in [0.15, 0.2) is 30.5 Å². The summed E-state index contributed by atoms with van der Waals surface area (Å²) < 4.78 is 5.44. The van der Waals surface area contributed by atoms with Gasteiger partial charge in [-0.05, 0) is 31.4 Å². The fraction of sp³-hybridized carbons (Fsp3) is 0.400. The molecule has 0 saturated carbocycles. The summed E-state index contributed by atoms with van der Waals surface area (Å²) in [6.45, 7) is 6.49. The number of hydrogen-bond acceptors (Lipinski definition) is 2. The third-order valence-corrected chi connectivity index (χ3v) is 2.62. The lowest BCUT2D eigenvalue weighted by atomic mass is 10.1. The Kier molecular flexibility index (Phi) is 5.47. The van der Waals surface area contributed by atoms with Gasteiger partial charge >= 0.3 is 0 Å². The van der Waals surface area contributed by atoms with Crippen LogP contribution in [-0.2, 0) is 4.74 Å². The number of ketones is 1. The molecule has 2 nitrogen and oxygen atoms in total. The summed E-state index contributed by atoms with van der Waals surface area (Å²) in [5.41, 5.74) is 2.91. The van der Waals surface area contributed by atoms with Gasteiger partial charge in [0.15, 0.2) is 5.78 Å². The summed E-state index contributed by atoms with van der Waals surface area (Å²) >= 11 is 0. The first-order valence-electron chi connectivity index (χ1n) is 6.05. The van der Waals surface area contributed by atoms with E-state index in [1.165, 1.54) is 0 Å². The highest BCUT2D eigenvalue weighted by atomic mass is 16.5. The molecule has 0 unspecified atom stereocenters. The number of carbonyl (C=O) groups excluding carboxylic acids is 1. The normalized spacial score (nSPS) is 11.4. The minimum absolute atomic E-state index is 0.0948. The predicted molar refractivity (Wildman–Crippen MR) is 71.0 cm³/mol. The fourth-order valence-corrected chi connectivity index (χ4v) is 1.45. The standard InChI is InChI=1S/C15H20O2/c1-4-5-10-17-11-12(2)14-6-8-15(9-7-14)13(3)16/h6-9,11H,4-5,10H2,1-3H3/b12-11+. The van der Waals surface area contributed by atoms with E-state index >= 15 is 0 Å². The number of Topliss-reactive ketones (excluding diaryl/α,β-unsaturated/α-hetero) is 1. The third-order valence-electron chi connectivity index (χ3n) is 2.62. The number of hydrogen-bond donors (Lipinski definition) is 0. The van der Waals surface area contributed by atoms with Gasteiger partial charge in [-0.2, -0.15) is 0 Å². The molecule has 0 radical (unpaired) electrons. The zero-order valence-corrected chi connectivity index (χ0v) is 10.8. The Hall–Kier alpha value is -1.57. The van der Waals surface area contributed by atoms with Crippen LogP contribution in [0.2, 0.25) is 0 Å². The molecule has 1 aromatic rings. The molecule has 0 saturated heterocycles. The van der Waals surface area contributed by atoms with Gasteiger partial charge in [0, 0.05) is 5.56 Å². The molecule has 0 bridgehead atoms. The molecule has 0 atom stereocenters. The number of unbranched alkanes of at least 4 members (excludes halogenated alkanes) is 1. The topological polar surface area (TPSA) is 26.3 Å². The number of ether oxygens (including phenoxy) is 1. The van der Waals surface area contributed by atoms with Crippen LogP contribution in [-0.4, -0.2) is 12.4 Å². The van der Waals surface area contributed by atoms with Gasteiger partial charge in [0.1, 0.15) is 0 Å². The van der Waals surface area contributed by atoms with Gasteiger partial charge in [0.05, 0.1) is 12.9 Å². The number of carbonyl (C=O) groups is 1. The Morgan fingerprint density at radius 2 is 1.76 bits per heavy atom. The highest BCUT2D eigenvalue weighted by Crippen LogP contribution is 2.15. The molecule has 0 aliphatic carbocycles. The van der Waals surface area contributed by atoms with E-state index in [4.69, 9.17) is 4.74 Å². The van der Waals surface area contributed by atoms with Crippen LogP contribution >= 0.6 is 0 Å². The quantitative estimate of drug-likeness (QED) is 0.420. The first kappa shape index (κ1) is 13.5. The molecule has 0 spiro atoms. The highest BCUT2D eigenvalue weighted by Gasteiger charge is 2.00. The molecule has 0 amide bonds. The van der Waals surface area contributed by atoms with E-state index in [9.17, 15) is 4.79 Å². The van der Waals surface area contributed by atoms with Gasteiger partial charge in [-0.3, -0.25) is 4.79 Å². The Balaban J connectivity index is 2.62. The fourth-order valence-electron chi connectivity index (χ4n) is 1.45. The lowest BCUT2D eigenvalue weighted by Gasteiger charge is -2.04. The van der Waals surface area contributed by atoms with Crippen molar-refractivity contribution in [1.29, 1.82) is 0 Å². The summed E-state index contributed by atoms with van der Waals surface area (Å²) in [4.78, 5) is 11.1. The van der Waals surface area contributed by atoms with Crippen LogP contribution in [0.5, 0.6) is 0 Å². The summed E-state index contributed by atoms with van der Waals surface area (Å²) in [5.74, 6) is 0.0948. The van der Waals surface area contributed by atoms with Crippen molar-refractivity contribution < 1.29 is 9.53 Å². The maximum Gasteiger partial charge on any atom is 0.159 e. The molecule has 2 heteroatoms. The molecule has 0 heterocycles. The van der Waals surface area contributed by atoms with E-state index < -0.39 is 0 Å². The first-order valence-corrected chi connectivity index (χ1v) is 6.05. The van der Waals surface area contributed by atoms with E-state index in [2.05, 4.69) is 6.92 Å². The van der Waals surface area contributed by atoms with Crippen LogP contribution in [0.3, 0.4) is 0 Å². The molecule has 1 aromatic carbocycles. The maximum atomic E-state index is 11.1. The van der Waals surface area contributed by atoms with E-state index in [0.29, 0.717) is 0 Å². The summed E-state index contributed by atoms with van der Waals surface area (Å²) in [6.07, 6.45) is 4.01. The second-order valence-corrected chi connectivity index (χ2v) is 4.16. The molecule has 0 aromatic heterocycles. The highest BCUT2D eigenvalue weighted by molar-refractivity contribution is 5.94. The van der Waals surface area contributed by atoms with Gasteiger partial charge in [-0.25, -0.2) is 0 Å². The first-order chi connectivity index (χ1) is 8.15.